The third-order valence-corrected chi connectivity index (χ3v) is 4.31. The zero-order valence-corrected chi connectivity index (χ0v) is 15.5. The predicted molar refractivity (Wildman–Crippen MR) is 99.9 cm³/mol. The lowest BCUT2D eigenvalue weighted by atomic mass is 10.1. The van der Waals surface area contributed by atoms with Crippen molar-refractivity contribution >= 4 is 23.2 Å². The number of likely N-dealkylation sites (N-methyl/N-ethyl adjacent to an activating group) is 1. The number of nitro benzene ring substituents is 1. The molecule has 1 unspecified atom stereocenters. The molecule has 0 aromatic heterocycles. The maximum absolute atomic E-state index is 12.4. The smallest absolute Gasteiger partial charge is 0.270 e. The summed E-state index contributed by atoms with van der Waals surface area (Å²) < 4.78 is 5.16. The van der Waals surface area contributed by atoms with Gasteiger partial charge in [0.25, 0.3) is 11.6 Å². The van der Waals surface area contributed by atoms with Gasteiger partial charge in [-0.15, -0.1) is 0 Å². The highest BCUT2D eigenvalue weighted by Crippen LogP contribution is 2.23. The summed E-state index contributed by atoms with van der Waals surface area (Å²) in [6.07, 6.45) is 0. The summed E-state index contributed by atoms with van der Waals surface area (Å²) in [7, 11) is 5.41. The van der Waals surface area contributed by atoms with Crippen LogP contribution in [0.15, 0.2) is 42.5 Å². The molecular formula is C18H20ClN3O4. The van der Waals surface area contributed by atoms with Crippen molar-refractivity contribution in [3.05, 3.63) is 68.7 Å². The number of benzene rings is 2. The van der Waals surface area contributed by atoms with Crippen LogP contribution < -0.4 is 10.1 Å². The van der Waals surface area contributed by atoms with Crippen molar-refractivity contribution in [1.29, 1.82) is 0 Å². The number of nitrogens with one attached hydrogen (secondary N) is 1. The van der Waals surface area contributed by atoms with Crippen LogP contribution in [-0.4, -0.2) is 43.5 Å². The van der Waals surface area contributed by atoms with E-state index >= 15 is 0 Å². The van der Waals surface area contributed by atoms with Gasteiger partial charge < -0.3 is 15.0 Å². The van der Waals surface area contributed by atoms with Crippen molar-refractivity contribution in [2.45, 2.75) is 6.04 Å². The van der Waals surface area contributed by atoms with Gasteiger partial charge >= 0.3 is 0 Å². The Hall–Kier alpha value is -2.64. The third kappa shape index (κ3) is 4.71. The minimum atomic E-state index is -0.562. The van der Waals surface area contributed by atoms with Gasteiger partial charge in [0.2, 0.25) is 0 Å². The van der Waals surface area contributed by atoms with Crippen LogP contribution in [0, 0.1) is 10.1 Å². The van der Waals surface area contributed by atoms with E-state index in [0.29, 0.717) is 6.54 Å². The lowest BCUT2D eigenvalue weighted by Crippen LogP contribution is -2.34. The van der Waals surface area contributed by atoms with Crippen LogP contribution in [0.25, 0.3) is 0 Å². The molecule has 0 heterocycles. The molecule has 0 aliphatic heterocycles. The van der Waals surface area contributed by atoms with E-state index < -0.39 is 10.8 Å². The number of hydrogen-bond donors (Lipinski definition) is 1. The largest absolute Gasteiger partial charge is 0.497 e. The SMILES string of the molecule is COc1ccc(C(CNC(=O)c2cc([N+](=O)[O-])ccc2Cl)N(C)C)cc1. The highest BCUT2D eigenvalue weighted by atomic mass is 35.5. The van der Waals surface area contributed by atoms with E-state index in [4.69, 9.17) is 16.3 Å². The van der Waals surface area contributed by atoms with Gasteiger partial charge in [0.1, 0.15) is 5.75 Å². The Morgan fingerprint density at radius 1 is 1.27 bits per heavy atom. The molecule has 2 aromatic rings. The van der Waals surface area contributed by atoms with Gasteiger partial charge in [0.15, 0.2) is 0 Å². The zero-order chi connectivity index (χ0) is 19.3. The van der Waals surface area contributed by atoms with E-state index in [1.54, 1.807) is 7.11 Å². The van der Waals surface area contributed by atoms with Crippen molar-refractivity contribution in [1.82, 2.24) is 10.2 Å². The number of hydrogen-bond acceptors (Lipinski definition) is 5. The summed E-state index contributed by atoms with van der Waals surface area (Å²) in [6.45, 7) is 0.317. The number of ether oxygens (including phenoxy) is 1. The number of nitro groups is 1. The molecule has 0 spiro atoms. The lowest BCUT2D eigenvalue weighted by Gasteiger charge is -2.25. The first kappa shape index (κ1) is 19.7. The van der Waals surface area contributed by atoms with Crippen molar-refractivity contribution < 1.29 is 14.5 Å². The summed E-state index contributed by atoms with van der Waals surface area (Å²) >= 11 is 6.02. The van der Waals surface area contributed by atoms with Gasteiger partial charge in [-0.05, 0) is 37.9 Å². The summed E-state index contributed by atoms with van der Waals surface area (Å²) in [5.74, 6) is 0.290. The predicted octanol–water partition coefficient (Wildman–Crippen LogP) is 3.29. The molecule has 2 aromatic carbocycles. The molecule has 0 saturated carbocycles. The van der Waals surface area contributed by atoms with E-state index in [2.05, 4.69) is 5.32 Å². The number of carbonyl (C=O) groups excluding carboxylic acids is 1. The number of non-ortho nitro benzene ring substituents is 1. The molecule has 8 heteroatoms. The molecule has 1 atom stereocenters. The fourth-order valence-corrected chi connectivity index (χ4v) is 2.71. The first-order valence-corrected chi connectivity index (χ1v) is 8.23. The van der Waals surface area contributed by atoms with E-state index in [0.717, 1.165) is 11.3 Å². The fourth-order valence-electron chi connectivity index (χ4n) is 2.51. The Labute approximate surface area is 156 Å². The number of nitrogens with zero attached hydrogens (tertiary/aromatic N) is 2. The molecule has 0 fully saturated rings. The summed E-state index contributed by atoms with van der Waals surface area (Å²) in [4.78, 5) is 24.7. The maximum atomic E-state index is 12.4. The molecule has 0 radical (unpaired) electrons. The highest BCUT2D eigenvalue weighted by Gasteiger charge is 2.19. The van der Waals surface area contributed by atoms with E-state index in [1.165, 1.54) is 18.2 Å². The molecule has 0 saturated heterocycles. The zero-order valence-electron chi connectivity index (χ0n) is 14.7. The number of methoxy groups -OCH3 is 1. The average molecular weight is 378 g/mol. The number of carbonyl (C=O) groups is 1. The molecule has 26 heavy (non-hydrogen) atoms. The van der Waals surface area contributed by atoms with Crippen molar-refractivity contribution in [3.8, 4) is 5.75 Å². The van der Waals surface area contributed by atoms with Crippen molar-refractivity contribution in [3.63, 3.8) is 0 Å². The fraction of sp³-hybridized carbons (Fsp3) is 0.278. The minimum Gasteiger partial charge on any atom is -0.497 e. The average Bonchev–Trinajstić information content (AvgIpc) is 2.62. The van der Waals surface area contributed by atoms with Gasteiger partial charge in [-0.3, -0.25) is 14.9 Å². The molecule has 2 rings (SSSR count). The molecule has 7 nitrogen and oxygen atoms in total. The van der Waals surface area contributed by atoms with Crippen LogP contribution >= 0.6 is 11.6 Å². The van der Waals surface area contributed by atoms with E-state index in [1.807, 2.05) is 43.3 Å². The maximum Gasteiger partial charge on any atom is 0.270 e. The molecule has 138 valence electrons. The summed E-state index contributed by atoms with van der Waals surface area (Å²) in [5.41, 5.74) is 0.896. The van der Waals surface area contributed by atoms with Crippen LogP contribution in [0.5, 0.6) is 5.75 Å². The molecule has 0 bridgehead atoms. The standard InChI is InChI=1S/C18H20ClN3O4/c1-21(2)17(12-4-7-14(26-3)8-5-12)11-20-18(23)15-10-13(22(24)25)6-9-16(15)19/h4-10,17H,11H2,1-3H3,(H,20,23). The second-order valence-electron chi connectivity index (χ2n) is 5.88. The minimum absolute atomic E-state index is 0.0769. The van der Waals surface area contributed by atoms with Gasteiger partial charge in [-0.25, -0.2) is 0 Å². The van der Waals surface area contributed by atoms with Crippen LogP contribution in [0.2, 0.25) is 5.02 Å². The Kier molecular flexibility index (Phi) is 6.54. The highest BCUT2D eigenvalue weighted by molar-refractivity contribution is 6.33. The van der Waals surface area contributed by atoms with E-state index in [9.17, 15) is 14.9 Å². The molecule has 0 aliphatic carbocycles. The van der Waals surface area contributed by atoms with Gasteiger partial charge in [-0.1, -0.05) is 23.7 Å². The second-order valence-corrected chi connectivity index (χ2v) is 6.29. The van der Waals surface area contributed by atoms with E-state index in [-0.39, 0.29) is 22.3 Å². The quantitative estimate of drug-likeness (QED) is 0.591. The van der Waals surface area contributed by atoms with Crippen LogP contribution in [0.3, 0.4) is 0 Å². The molecule has 1 amide bonds. The van der Waals surface area contributed by atoms with Gasteiger partial charge in [-0.2, -0.15) is 0 Å². The lowest BCUT2D eigenvalue weighted by molar-refractivity contribution is -0.384. The second kappa shape index (κ2) is 8.64. The Bertz CT molecular complexity index is 794. The Balaban J connectivity index is 2.14. The number of amides is 1. The number of halogens is 1. The van der Waals surface area contributed by atoms with Gasteiger partial charge in [0, 0.05) is 18.7 Å². The summed E-state index contributed by atoms with van der Waals surface area (Å²) in [5, 5.41) is 13.9. The normalized spacial score (nSPS) is 11.9. The Morgan fingerprint density at radius 2 is 1.92 bits per heavy atom. The molecular weight excluding hydrogens is 358 g/mol. The van der Waals surface area contributed by atoms with Crippen molar-refractivity contribution in [2.24, 2.45) is 0 Å². The first-order chi connectivity index (χ1) is 12.3. The number of rotatable bonds is 7. The first-order valence-electron chi connectivity index (χ1n) is 7.86. The monoisotopic (exact) mass is 377 g/mol. The van der Waals surface area contributed by atoms with Crippen LogP contribution in [0.1, 0.15) is 22.0 Å². The third-order valence-electron chi connectivity index (χ3n) is 3.99. The van der Waals surface area contributed by atoms with Gasteiger partial charge in [0.05, 0.1) is 28.7 Å². The molecule has 0 aliphatic rings. The molecule has 1 N–H and O–H groups in total. The topological polar surface area (TPSA) is 84.7 Å². The summed E-state index contributed by atoms with van der Waals surface area (Å²) in [6, 6.07) is 11.3. The van der Waals surface area contributed by atoms with Crippen LogP contribution in [0.4, 0.5) is 5.69 Å². The Morgan fingerprint density at radius 3 is 2.46 bits per heavy atom. The van der Waals surface area contributed by atoms with Crippen LogP contribution in [-0.2, 0) is 0 Å². The van der Waals surface area contributed by atoms with Crippen molar-refractivity contribution in [2.75, 3.05) is 27.7 Å².